The minimum Gasteiger partial charge on any atom is -0.493 e. The van der Waals surface area contributed by atoms with E-state index in [4.69, 9.17) is 4.74 Å². The Labute approximate surface area is 142 Å². The molecule has 2 rings (SSSR count). The highest BCUT2D eigenvalue weighted by Gasteiger charge is 2.25. The van der Waals surface area contributed by atoms with Crippen LogP contribution in [-0.4, -0.2) is 12.8 Å². The normalized spacial score (nSPS) is 11.1. The summed E-state index contributed by atoms with van der Waals surface area (Å²) in [6, 6.07) is 4.95. The number of hydrazone groups is 1. The number of rotatable bonds is 5. The van der Waals surface area contributed by atoms with Crippen molar-refractivity contribution in [2.45, 2.75) is 6.92 Å². The zero-order valence-corrected chi connectivity index (χ0v) is 13.7. The summed E-state index contributed by atoms with van der Waals surface area (Å²) in [6.45, 7) is 2.13. The van der Waals surface area contributed by atoms with E-state index in [0.717, 1.165) is 6.21 Å². The number of benzene rings is 2. The molecule has 24 heavy (non-hydrogen) atoms. The van der Waals surface area contributed by atoms with E-state index in [1.165, 1.54) is 0 Å². The Morgan fingerprint density at radius 3 is 2.21 bits per heavy atom. The molecule has 2 aromatic carbocycles. The van der Waals surface area contributed by atoms with Crippen LogP contribution in [0.5, 0.6) is 5.75 Å². The summed E-state index contributed by atoms with van der Waals surface area (Å²) in [5.41, 5.74) is 1.02. The fourth-order valence-electron chi connectivity index (χ4n) is 1.78. The average Bonchev–Trinajstić information content (AvgIpc) is 2.56. The molecule has 0 aliphatic carbocycles. The molecular weight excluding hydrogens is 399 g/mol. The molecule has 0 atom stereocenters. The Bertz CT molecular complexity index is 769. The second-order valence-electron chi connectivity index (χ2n) is 4.43. The van der Waals surface area contributed by atoms with Crippen molar-refractivity contribution >= 4 is 27.8 Å². The molecule has 128 valence electrons. The lowest BCUT2D eigenvalue weighted by molar-refractivity contribution is 0.339. The molecule has 0 unspecified atom stereocenters. The van der Waals surface area contributed by atoms with Crippen molar-refractivity contribution in [3.63, 3.8) is 0 Å². The van der Waals surface area contributed by atoms with Gasteiger partial charge in [0.05, 0.1) is 12.8 Å². The summed E-state index contributed by atoms with van der Waals surface area (Å²) >= 11 is 3.24. The van der Waals surface area contributed by atoms with Gasteiger partial charge in [-0.1, -0.05) is 15.9 Å². The summed E-state index contributed by atoms with van der Waals surface area (Å²) in [5.74, 6) is -9.90. The number of ether oxygens (including phenoxy) is 1. The lowest BCUT2D eigenvalue weighted by Gasteiger charge is -2.08. The first-order chi connectivity index (χ1) is 11.4. The molecular formula is C15H10BrF5N2O. The molecule has 0 aliphatic heterocycles. The van der Waals surface area contributed by atoms with Gasteiger partial charge in [-0.2, -0.15) is 5.10 Å². The number of hydrogen-bond acceptors (Lipinski definition) is 3. The highest BCUT2D eigenvalue weighted by atomic mass is 79.9. The lowest BCUT2D eigenvalue weighted by atomic mass is 10.2. The fraction of sp³-hybridized carbons (Fsp3) is 0.133. The molecule has 0 saturated carbocycles. The summed E-state index contributed by atoms with van der Waals surface area (Å²) in [6.07, 6.45) is 1.13. The number of nitrogens with one attached hydrogen (secondary N) is 1. The maximum absolute atomic E-state index is 13.5. The van der Waals surface area contributed by atoms with Gasteiger partial charge in [-0.3, -0.25) is 5.43 Å². The van der Waals surface area contributed by atoms with E-state index in [1.54, 1.807) is 25.1 Å². The first-order valence-corrected chi connectivity index (χ1v) is 7.39. The monoisotopic (exact) mass is 408 g/mol. The minimum atomic E-state index is -2.23. The van der Waals surface area contributed by atoms with Crippen molar-refractivity contribution in [3.8, 4) is 5.75 Å². The van der Waals surface area contributed by atoms with Crippen LogP contribution in [0.25, 0.3) is 0 Å². The number of anilines is 1. The van der Waals surface area contributed by atoms with E-state index in [1.807, 2.05) is 5.43 Å². The number of nitrogens with zero attached hydrogens (tertiary/aromatic N) is 1. The van der Waals surface area contributed by atoms with Crippen LogP contribution in [0.3, 0.4) is 0 Å². The summed E-state index contributed by atoms with van der Waals surface area (Å²) < 4.78 is 72.2. The van der Waals surface area contributed by atoms with Crippen molar-refractivity contribution in [1.29, 1.82) is 0 Å². The van der Waals surface area contributed by atoms with Crippen molar-refractivity contribution < 1.29 is 26.7 Å². The van der Waals surface area contributed by atoms with Crippen molar-refractivity contribution in [1.82, 2.24) is 0 Å². The zero-order chi connectivity index (χ0) is 17.9. The average molecular weight is 409 g/mol. The van der Waals surface area contributed by atoms with Crippen molar-refractivity contribution in [3.05, 3.63) is 57.3 Å². The molecule has 0 spiro atoms. The third-order valence-corrected chi connectivity index (χ3v) is 3.35. The van der Waals surface area contributed by atoms with Crippen molar-refractivity contribution in [2.24, 2.45) is 5.10 Å². The Morgan fingerprint density at radius 1 is 1.04 bits per heavy atom. The van der Waals surface area contributed by atoms with Crippen molar-refractivity contribution in [2.75, 3.05) is 12.0 Å². The predicted octanol–water partition coefficient (Wildman–Crippen LogP) is 4.99. The largest absolute Gasteiger partial charge is 0.493 e. The summed E-state index contributed by atoms with van der Waals surface area (Å²) in [5, 5.41) is 3.52. The van der Waals surface area contributed by atoms with Gasteiger partial charge in [0.1, 0.15) is 11.4 Å². The van der Waals surface area contributed by atoms with Gasteiger partial charge in [0.2, 0.25) is 5.82 Å². The molecule has 0 radical (unpaired) electrons. The lowest BCUT2D eigenvalue weighted by Crippen LogP contribution is -2.06. The van der Waals surface area contributed by atoms with E-state index >= 15 is 0 Å². The first-order valence-electron chi connectivity index (χ1n) is 6.59. The van der Waals surface area contributed by atoms with Gasteiger partial charge < -0.3 is 4.74 Å². The van der Waals surface area contributed by atoms with Gasteiger partial charge in [0.15, 0.2) is 23.3 Å². The molecule has 1 N–H and O–H groups in total. The Balaban J connectivity index is 2.32. The second kappa shape index (κ2) is 7.61. The van der Waals surface area contributed by atoms with Gasteiger partial charge in [-0.25, -0.2) is 22.0 Å². The molecule has 0 bridgehead atoms. The first kappa shape index (κ1) is 18.2. The van der Waals surface area contributed by atoms with Crippen LogP contribution in [0.4, 0.5) is 27.6 Å². The Morgan fingerprint density at radius 2 is 1.62 bits per heavy atom. The van der Waals surface area contributed by atoms with E-state index in [2.05, 4.69) is 21.0 Å². The highest BCUT2D eigenvalue weighted by Crippen LogP contribution is 2.27. The number of hydrogen-bond donors (Lipinski definition) is 1. The second-order valence-corrected chi connectivity index (χ2v) is 5.35. The topological polar surface area (TPSA) is 33.6 Å². The van der Waals surface area contributed by atoms with Gasteiger partial charge in [-0.05, 0) is 25.1 Å². The van der Waals surface area contributed by atoms with Crippen LogP contribution in [0.15, 0.2) is 27.8 Å². The summed E-state index contributed by atoms with van der Waals surface area (Å²) in [4.78, 5) is 0. The molecule has 0 amide bonds. The Hall–Kier alpha value is -2.16. The quantitative estimate of drug-likeness (QED) is 0.248. The van der Waals surface area contributed by atoms with Crippen LogP contribution < -0.4 is 10.2 Å². The van der Waals surface area contributed by atoms with E-state index in [0.29, 0.717) is 22.4 Å². The highest BCUT2D eigenvalue weighted by molar-refractivity contribution is 9.10. The van der Waals surface area contributed by atoms with Gasteiger partial charge in [-0.15, -0.1) is 0 Å². The molecule has 2 aromatic rings. The molecule has 0 saturated heterocycles. The zero-order valence-electron chi connectivity index (χ0n) is 12.1. The van der Waals surface area contributed by atoms with Gasteiger partial charge in [0, 0.05) is 10.0 Å². The molecule has 0 aliphatic rings. The van der Waals surface area contributed by atoms with E-state index in [-0.39, 0.29) is 0 Å². The maximum atomic E-state index is 13.5. The fourth-order valence-corrected chi connectivity index (χ4v) is 2.16. The van der Waals surface area contributed by atoms with Gasteiger partial charge >= 0.3 is 0 Å². The van der Waals surface area contributed by atoms with E-state index < -0.39 is 34.8 Å². The number of halogens is 6. The minimum absolute atomic E-state index is 0.369. The van der Waals surface area contributed by atoms with Crippen LogP contribution in [-0.2, 0) is 0 Å². The summed E-state index contributed by atoms with van der Waals surface area (Å²) in [7, 11) is 0. The molecule has 3 nitrogen and oxygen atoms in total. The SMILES string of the molecule is CCOc1ccc(Br)cc1/C=N\Nc1c(F)c(F)c(F)c(F)c1F. The van der Waals surface area contributed by atoms with Crippen LogP contribution >= 0.6 is 15.9 Å². The van der Waals surface area contributed by atoms with Crippen LogP contribution in [0.2, 0.25) is 0 Å². The smallest absolute Gasteiger partial charge is 0.200 e. The molecule has 0 heterocycles. The Kier molecular flexibility index (Phi) is 5.76. The van der Waals surface area contributed by atoms with E-state index in [9.17, 15) is 22.0 Å². The standard InChI is InChI=1S/C15H10BrF5N2O/c1-2-24-9-4-3-8(16)5-7(9)6-22-23-15-13(20)11(18)10(17)12(19)14(15)21/h3-6,23H,2H2,1H3/b22-6-. The van der Waals surface area contributed by atoms with Crippen LogP contribution in [0, 0.1) is 29.1 Å². The molecule has 0 aromatic heterocycles. The third kappa shape index (κ3) is 3.66. The molecule has 9 heteroatoms. The third-order valence-electron chi connectivity index (χ3n) is 2.86. The van der Waals surface area contributed by atoms with Gasteiger partial charge in [0.25, 0.3) is 0 Å². The van der Waals surface area contributed by atoms with Crippen LogP contribution in [0.1, 0.15) is 12.5 Å². The predicted molar refractivity (Wildman–Crippen MR) is 82.8 cm³/mol. The molecule has 0 fully saturated rings. The maximum Gasteiger partial charge on any atom is 0.200 e.